The Hall–Kier alpha value is -1.32. The van der Waals surface area contributed by atoms with Gasteiger partial charge in [-0.05, 0) is 26.3 Å². The number of carbonyl (C=O) groups excluding carboxylic acids is 2. The zero-order valence-electron chi connectivity index (χ0n) is 17.6. The fourth-order valence-corrected chi connectivity index (χ4v) is 3.33. The molecule has 0 bridgehead atoms. The van der Waals surface area contributed by atoms with Gasteiger partial charge in [-0.25, -0.2) is 0 Å². The van der Waals surface area contributed by atoms with Crippen molar-refractivity contribution in [2.75, 3.05) is 27.4 Å². The number of fused-ring (bicyclic) bond motifs is 1. The van der Waals surface area contributed by atoms with Crippen LogP contribution in [0.3, 0.4) is 0 Å². The van der Waals surface area contributed by atoms with E-state index >= 15 is 0 Å². The van der Waals surface area contributed by atoms with Crippen molar-refractivity contribution in [2.45, 2.75) is 76.8 Å². The Kier molecular flexibility index (Phi) is 7.75. The molecule has 0 unspecified atom stereocenters. The summed E-state index contributed by atoms with van der Waals surface area (Å²) in [4.78, 5) is 24.2. The van der Waals surface area contributed by atoms with Crippen molar-refractivity contribution in [3.63, 3.8) is 0 Å². The van der Waals surface area contributed by atoms with Crippen LogP contribution in [0.1, 0.15) is 47.0 Å². The Morgan fingerprint density at radius 3 is 2.36 bits per heavy atom. The van der Waals surface area contributed by atoms with Crippen LogP contribution in [0.5, 0.6) is 0 Å². The zero-order chi connectivity index (χ0) is 20.9. The second-order valence-electron chi connectivity index (χ2n) is 7.30. The van der Waals surface area contributed by atoms with Gasteiger partial charge in [0.25, 0.3) is 0 Å². The number of methoxy groups -OCH3 is 2. The van der Waals surface area contributed by atoms with Crippen molar-refractivity contribution in [3.05, 3.63) is 11.6 Å². The summed E-state index contributed by atoms with van der Waals surface area (Å²) in [6, 6.07) is 0. The molecule has 28 heavy (non-hydrogen) atoms. The van der Waals surface area contributed by atoms with E-state index < -0.39 is 35.9 Å². The maximum Gasteiger partial charge on any atom is 0.302 e. The monoisotopic (exact) mass is 400 g/mol. The molecule has 0 spiro atoms. The van der Waals surface area contributed by atoms with Gasteiger partial charge in [0.05, 0.1) is 0 Å². The first-order chi connectivity index (χ1) is 13.2. The molecule has 0 aromatic rings. The average Bonchev–Trinajstić information content (AvgIpc) is 2.67. The van der Waals surface area contributed by atoms with Crippen LogP contribution in [0.2, 0.25) is 0 Å². The van der Waals surface area contributed by atoms with Crippen LogP contribution in [0.4, 0.5) is 0 Å². The van der Waals surface area contributed by atoms with Crippen molar-refractivity contribution in [3.8, 4) is 0 Å². The van der Waals surface area contributed by atoms with Gasteiger partial charge < -0.3 is 28.4 Å². The third-order valence-electron chi connectivity index (χ3n) is 5.37. The predicted octanol–water partition coefficient (Wildman–Crippen LogP) is 2.14. The summed E-state index contributed by atoms with van der Waals surface area (Å²) in [6.07, 6.45) is 2.46. The van der Waals surface area contributed by atoms with E-state index in [1.165, 1.54) is 21.1 Å². The molecule has 2 aliphatic rings. The minimum absolute atomic E-state index is 0.138. The number of ether oxygens (including phenoxy) is 6. The number of esters is 1. The molecule has 5 atom stereocenters. The Balaban J connectivity index is 2.30. The Morgan fingerprint density at radius 2 is 1.79 bits per heavy atom. The Morgan fingerprint density at radius 1 is 1.14 bits per heavy atom. The highest BCUT2D eigenvalue weighted by atomic mass is 16.8. The van der Waals surface area contributed by atoms with Gasteiger partial charge in [-0.2, -0.15) is 0 Å². The first kappa shape index (κ1) is 23.0. The van der Waals surface area contributed by atoms with E-state index in [4.69, 9.17) is 28.4 Å². The molecular weight excluding hydrogens is 368 g/mol. The smallest absolute Gasteiger partial charge is 0.302 e. The average molecular weight is 400 g/mol. The molecule has 1 heterocycles. The van der Waals surface area contributed by atoms with Crippen molar-refractivity contribution >= 4 is 11.8 Å². The molecule has 1 aliphatic heterocycles. The topological polar surface area (TPSA) is 89.5 Å². The molecule has 0 aromatic carbocycles. The molecule has 0 amide bonds. The quantitative estimate of drug-likeness (QED) is 0.430. The maximum atomic E-state index is 13.0. The van der Waals surface area contributed by atoms with Crippen LogP contribution < -0.4 is 0 Å². The molecular formula is C20H32O8. The first-order valence-corrected chi connectivity index (χ1v) is 9.67. The number of ketones is 1. The summed E-state index contributed by atoms with van der Waals surface area (Å²) in [5.41, 5.74) is 0.319. The summed E-state index contributed by atoms with van der Waals surface area (Å²) in [7, 11) is 2.95. The van der Waals surface area contributed by atoms with Crippen LogP contribution in [-0.4, -0.2) is 69.1 Å². The Labute approximate surface area is 166 Å². The van der Waals surface area contributed by atoms with Gasteiger partial charge in [-0.15, -0.1) is 0 Å². The second-order valence-corrected chi connectivity index (χ2v) is 7.30. The number of unbranched alkanes of at least 4 members (excludes halogenated alkanes) is 2. The van der Waals surface area contributed by atoms with E-state index in [1.54, 1.807) is 19.9 Å². The molecule has 1 aliphatic carbocycles. The molecule has 8 heteroatoms. The third kappa shape index (κ3) is 4.63. The predicted molar refractivity (Wildman–Crippen MR) is 99.6 cm³/mol. The second kappa shape index (κ2) is 9.45. The normalized spacial score (nSPS) is 35.3. The SMILES string of the molecule is CCCCCO[C@@H]1C=C(COC(C)=O)C(=O)[C@@H]2O[C@@](C)(OC)[C@](C)(OC)O[C@@H]12. The highest BCUT2D eigenvalue weighted by molar-refractivity contribution is 6.01. The molecule has 0 aromatic heterocycles. The maximum absolute atomic E-state index is 13.0. The van der Waals surface area contributed by atoms with E-state index in [2.05, 4.69) is 6.92 Å². The summed E-state index contributed by atoms with van der Waals surface area (Å²) < 4.78 is 34.3. The highest BCUT2D eigenvalue weighted by Gasteiger charge is 2.60. The van der Waals surface area contributed by atoms with Crippen LogP contribution in [0.15, 0.2) is 11.6 Å². The highest BCUT2D eigenvalue weighted by Crippen LogP contribution is 2.42. The summed E-state index contributed by atoms with van der Waals surface area (Å²) in [5, 5.41) is 0. The van der Waals surface area contributed by atoms with Crippen molar-refractivity contribution in [2.24, 2.45) is 0 Å². The fraction of sp³-hybridized carbons (Fsp3) is 0.800. The number of rotatable bonds is 9. The van der Waals surface area contributed by atoms with Crippen LogP contribution in [0, 0.1) is 0 Å². The number of hydrogen-bond acceptors (Lipinski definition) is 8. The van der Waals surface area contributed by atoms with Crippen molar-refractivity contribution in [1.29, 1.82) is 0 Å². The molecule has 8 nitrogen and oxygen atoms in total. The van der Waals surface area contributed by atoms with Gasteiger partial charge >= 0.3 is 5.97 Å². The third-order valence-corrected chi connectivity index (χ3v) is 5.37. The Bertz CT molecular complexity index is 603. The lowest BCUT2D eigenvalue weighted by Gasteiger charge is -2.53. The van der Waals surface area contributed by atoms with Gasteiger partial charge in [-0.3, -0.25) is 9.59 Å². The molecule has 1 fully saturated rings. The molecule has 0 N–H and O–H groups in total. The number of hydrogen-bond donors (Lipinski definition) is 0. The molecule has 0 radical (unpaired) electrons. The van der Waals surface area contributed by atoms with Crippen molar-refractivity contribution < 1.29 is 38.0 Å². The van der Waals surface area contributed by atoms with Crippen LogP contribution in [-0.2, 0) is 38.0 Å². The van der Waals surface area contributed by atoms with Crippen LogP contribution >= 0.6 is 0 Å². The van der Waals surface area contributed by atoms with Gasteiger partial charge in [0, 0.05) is 33.3 Å². The molecule has 160 valence electrons. The van der Waals surface area contributed by atoms with E-state index in [0.717, 1.165) is 19.3 Å². The molecule has 1 saturated heterocycles. The summed E-state index contributed by atoms with van der Waals surface area (Å²) in [5.74, 6) is -3.34. The van der Waals surface area contributed by atoms with E-state index in [0.29, 0.717) is 12.2 Å². The standard InChI is InChI=1S/C20H32O8/c1-7-8-9-10-25-15-11-14(12-26-13(2)21)16(22)18-17(15)27-19(3,23-5)20(4,24-6)28-18/h11,15,17-18H,7-10,12H2,1-6H3/t15-,17+,18+,19-,20-/m1/s1. The van der Waals surface area contributed by atoms with Gasteiger partial charge in [-0.1, -0.05) is 19.8 Å². The summed E-state index contributed by atoms with van der Waals surface area (Å²) >= 11 is 0. The minimum Gasteiger partial charge on any atom is -0.461 e. The number of Topliss-reactive ketones (excluding diaryl/α,β-unsaturated/α-hetero) is 1. The number of carbonyl (C=O) groups is 2. The van der Waals surface area contributed by atoms with Crippen molar-refractivity contribution in [1.82, 2.24) is 0 Å². The molecule has 0 saturated carbocycles. The van der Waals surface area contributed by atoms with Gasteiger partial charge in [0.2, 0.25) is 11.6 Å². The lowest BCUT2D eigenvalue weighted by atomic mass is 9.88. The lowest BCUT2D eigenvalue weighted by molar-refractivity contribution is -0.447. The van der Waals surface area contributed by atoms with E-state index in [1.807, 2.05) is 0 Å². The lowest BCUT2D eigenvalue weighted by Crippen LogP contribution is -2.69. The first-order valence-electron chi connectivity index (χ1n) is 9.67. The zero-order valence-corrected chi connectivity index (χ0v) is 17.6. The van der Waals surface area contributed by atoms with Gasteiger partial charge in [0.1, 0.15) is 18.8 Å². The molecule has 2 rings (SSSR count). The largest absolute Gasteiger partial charge is 0.461 e. The van der Waals surface area contributed by atoms with E-state index in [-0.39, 0.29) is 12.4 Å². The van der Waals surface area contributed by atoms with Gasteiger partial charge in [0.15, 0.2) is 11.9 Å². The van der Waals surface area contributed by atoms with E-state index in [9.17, 15) is 9.59 Å². The van der Waals surface area contributed by atoms with Crippen LogP contribution in [0.25, 0.3) is 0 Å². The minimum atomic E-state index is -1.31. The summed E-state index contributed by atoms with van der Waals surface area (Å²) in [6.45, 7) is 7.13. The fourth-order valence-electron chi connectivity index (χ4n) is 3.33.